The highest BCUT2D eigenvalue weighted by Crippen LogP contribution is 2.43. The summed E-state index contributed by atoms with van der Waals surface area (Å²) in [5.74, 6) is 0.600. The van der Waals surface area contributed by atoms with Gasteiger partial charge in [-0.1, -0.05) is 12.1 Å². The number of nitrogens with zero attached hydrogens (tertiary/aromatic N) is 1. The van der Waals surface area contributed by atoms with Crippen LogP contribution >= 0.6 is 0 Å². The van der Waals surface area contributed by atoms with E-state index in [0.29, 0.717) is 23.5 Å². The third kappa shape index (κ3) is 2.65. The standard InChI is InChI=1S/C18H18FNO3/c19-13-3-1-2-12(8-13)16-9-14(21)10-20(16)18(22)15-6-7-23-17(15)11-4-5-11/h1-3,6-8,11,14,16,21H,4-5,9-10H2/t14-,16-/m1/s1. The highest BCUT2D eigenvalue weighted by molar-refractivity contribution is 5.96. The second-order valence-corrected chi connectivity index (χ2v) is 6.39. The number of aliphatic hydroxyl groups excluding tert-OH is 1. The fourth-order valence-electron chi connectivity index (χ4n) is 3.38. The van der Waals surface area contributed by atoms with Gasteiger partial charge >= 0.3 is 0 Å². The molecule has 4 nitrogen and oxygen atoms in total. The van der Waals surface area contributed by atoms with Gasteiger partial charge < -0.3 is 14.4 Å². The lowest BCUT2D eigenvalue weighted by Gasteiger charge is -2.24. The molecule has 1 aromatic carbocycles. The monoisotopic (exact) mass is 315 g/mol. The van der Waals surface area contributed by atoms with Gasteiger partial charge in [0.05, 0.1) is 24.0 Å². The smallest absolute Gasteiger partial charge is 0.258 e. The van der Waals surface area contributed by atoms with Crippen LogP contribution in [0.5, 0.6) is 0 Å². The molecule has 1 saturated heterocycles. The maximum Gasteiger partial charge on any atom is 0.258 e. The van der Waals surface area contributed by atoms with Gasteiger partial charge in [-0.05, 0) is 43.0 Å². The summed E-state index contributed by atoms with van der Waals surface area (Å²) < 4.78 is 19.0. The Kier molecular flexibility index (Phi) is 3.45. The summed E-state index contributed by atoms with van der Waals surface area (Å²) in [7, 11) is 0. The van der Waals surface area contributed by atoms with E-state index in [0.717, 1.165) is 18.6 Å². The molecule has 0 unspecified atom stereocenters. The minimum Gasteiger partial charge on any atom is -0.468 e. The number of carbonyl (C=O) groups excluding carboxylic acids is 1. The molecule has 2 heterocycles. The number of aliphatic hydroxyl groups is 1. The molecule has 4 rings (SSSR count). The van der Waals surface area contributed by atoms with Crippen LogP contribution in [0.25, 0.3) is 0 Å². The summed E-state index contributed by atoms with van der Waals surface area (Å²) in [4.78, 5) is 14.6. The zero-order chi connectivity index (χ0) is 16.0. The lowest BCUT2D eigenvalue weighted by molar-refractivity contribution is 0.0713. The van der Waals surface area contributed by atoms with Crippen LogP contribution in [-0.2, 0) is 0 Å². The van der Waals surface area contributed by atoms with E-state index in [1.54, 1.807) is 29.4 Å². The van der Waals surface area contributed by atoms with Crippen LogP contribution in [0.2, 0.25) is 0 Å². The Labute approximate surface area is 133 Å². The van der Waals surface area contributed by atoms with Crippen LogP contribution in [-0.4, -0.2) is 28.6 Å². The fourth-order valence-corrected chi connectivity index (χ4v) is 3.38. The summed E-state index contributed by atoms with van der Waals surface area (Å²) in [5.41, 5.74) is 1.29. The lowest BCUT2D eigenvalue weighted by Crippen LogP contribution is -2.32. The Morgan fingerprint density at radius 2 is 2.13 bits per heavy atom. The van der Waals surface area contributed by atoms with Crippen molar-refractivity contribution < 1.29 is 18.7 Å². The van der Waals surface area contributed by atoms with Crippen molar-refractivity contribution in [2.24, 2.45) is 0 Å². The molecule has 120 valence electrons. The van der Waals surface area contributed by atoms with Crippen molar-refractivity contribution >= 4 is 5.91 Å². The topological polar surface area (TPSA) is 53.7 Å². The minimum atomic E-state index is -0.594. The number of likely N-dealkylation sites (tertiary alicyclic amines) is 1. The Balaban J connectivity index is 1.65. The lowest BCUT2D eigenvalue weighted by atomic mass is 10.0. The molecule has 5 heteroatoms. The number of furan rings is 1. The highest BCUT2D eigenvalue weighted by atomic mass is 19.1. The van der Waals surface area contributed by atoms with E-state index in [9.17, 15) is 14.3 Å². The van der Waals surface area contributed by atoms with Crippen molar-refractivity contribution in [3.63, 3.8) is 0 Å². The van der Waals surface area contributed by atoms with E-state index in [-0.39, 0.29) is 24.3 Å². The summed E-state index contributed by atoms with van der Waals surface area (Å²) in [6, 6.07) is 7.62. The minimum absolute atomic E-state index is 0.147. The van der Waals surface area contributed by atoms with Gasteiger partial charge in [0.1, 0.15) is 11.6 Å². The van der Waals surface area contributed by atoms with Gasteiger partial charge in [0.15, 0.2) is 0 Å². The Hall–Kier alpha value is -2.14. The normalized spacial score (nSPS) is 24.2. The number of β-amino-alcohol motifs (C(OH)–C–C–N with tert-alkyl or cyclic N) is 1. The van der Waals surface area contributed by atoms with E-state index >= 15 is 0 Å². The zero-order valence-electron chi connectivity index (χ0n) is 12.6. The van der Waals surface area contributed by atoms with Gasteiger partial charge in [-0.15, -0.1) is 0 Å². The average Bonchev–Trinajstić information content (AvgIpc) is 3.12. The van der Waals surface area contributed by atoms with Crippen LogP contribution in [0.1, 0.15) is 52.9 Å². The van der Waals surface area contributed by atoms with Crippen molar-refractivity contribution in [1.29, 1.82) is 0 Å². The van der Waals surface area contributed by atoms with E-state index in [1.807, 2.05) is 0 Å². The number of halogens is 1. The van der Waals surface area contributed by atoms with E-state index in [1.165, 1.54) is 12.1 Å². The summed E-state index contributed by atoms with van der Waals surface area (Å²) in [6.45, 7) is 0.259. The van der Waals surface area contributed by atoms with Crippen LogP contribution in [0, 0.1) is 5.82 Å². The molecular formula is C18H18FNO3. The quantitative estimate of drug-likeness (QED) is 0.946. The molecule has 2 atom stereocenters. The summed E-state index contributed by atoms with van der Waals surface area (Å²) in [5, 5.41) is 10.0. The second-order valence-electron chi connectivity index (χ2n) is 6.39. The van der Waals surface area contributed by atoms with E-state index in [4.69, 9.17) is 4.42 Å². The highest BCUT2D eigenvalue weighted by Gasteiger charge is 2.39. The molecule has 1 aromatic heterocycles. The molecule has 1 saturated carbocycles. The molecular weight excluding hydrogens is 297 g/mol. The molecule has 1 amide bonds. The maximum absolute atomic E-state index is 13.5. The number of rotatable bonds is 3. The number of amides is 1. The number of carbonyl (C=O) groups is 1. The maximum atomic E-state index is 13.5. The Morgan fingerprint density at radius 3 is 2.87 bits per heavy atom. The van der Waals surface area contributed by atoms with Crippen LogP contribution in [0.15, 0.2) is 41.0 Å². The third-order valence-electron chi connectivity index (χ3n) is 4.65. The predicted octanol–water partition coefficient (Wildman–Crippen LogP) is 3.24. The molecule has 2 aliphatic rings. The van der Waals surface area contributed by atoms with Gasteiger partial charge in [-0.3, -0.25) is 4.79 Å². The van der Waals surface area contributed by atoms with Gasteiger partial charge in [-0.25, -0.2) is 4.39 Å². The Morgan fingerprint density at radius 1 is 1.30 bits per heavy atom. The first kappa shape index (κ1) is 14.5. The first-order chi connectivity index (χ1) is 11.1. The second kappa shape index (κ2) is 5.49. The van der Waals surface area contributed by atoms with Crippen LogP contribution < -0.4 is 0 Å². The third-order valence-corrected chi connectivity index (χ3v) is 4.65. The molecule has 1 N–H and O–H groups in total. The van der Waals surface area contributed by atoms with Gasteiger partial charge in [0.25, 0.3) is 5.91 Å². The predicted molar refractivity (Wildman–Crippen MR) is 81.5 cm³/mol. The molecule has 2 aromatic rings. The van der Waals surface area contributed by atoms with Crippen molar-refractivity contribution in [3.8, 4) is 0 Å². The molecule has 1 aliphatic carbocycles. The van der Waals surface area contributed by atoms with Gasteiger partial charge in [0.2, 0.25) is 0 Å². The summed E-state index contributed by atoms with van der Waals surface area (Å²) in [6.07, 6.45) is 3.47. The molecule has 0 spiro atoms. The van der Waals surface area contributed by atoms with Crippen molar-refractivity contribution in [2.75, 3.05) is 6.54 Å². The number of hydrogen-bond donors (Lipinski definition) is 1. The van der Waals surface area contributed by atoms with Gasteiger partial charge in [0, 0.05) is 12.5 Å². The van der Waals surface area contributed by atoms with E-state index in [2.05, 4.69) is 0 Å². The first-order valence-electron chi connectivity index (χ1n) is 7.95. The Bertz CT molecular complexity index is 737. The van der Waals surface area contributed by atoms with Crippen molar-refractivity contribution in [2.45, 2.75) is 37.3 Å². The first-order valence-corrected chi connectivity index (χ1v) is 7.95. The van der Waals surface area contributed by atoms with Gasteiger partial charge in [-0.2, -0.15) is 0 Å². The molecule has 0 radical (unpaired) electrons. The van der Waals surface area contributed by atoms with E-state index < -0.39 is 6.10 Å². The fraction of sp³-hybridized carbons (Fsp3) is 0.389. The average molecular weight is 315 g/mol. The molecule has 0 bridgehead atoms. The van der Waals surface area contributed by atoms with Crippen molar-refractivity contribution in [1.82, 2.24) is 4.90 Å². The number of hydrogen-bond acceptors (Lipinski definition) is 3. The SMILES string of the molecule is O=C(c1ccoc1C1CC1)N1C[C@H](O)C[C@@H]1c1cccc(F)c1. The number of benzene rings is 1. The summed E-state index contributed by atoms with van der Waals surface area (Å²) >= 11 is 0. The van der Waals surface area contributed by atoms with Crippen molar-refractivity contribution in [3.05, 3.63) is 59.3 Å². The molecule has 23 heavy (non-hydrogen) atoms. The molecule has 1 aliphatic heterocycles. The molecule has 2 fully saturated rings. The van der Waals surface area contributed by atoms with Crippen LogP contribution in [0.3, 0.4) is 0 Å². The zero-order valence-corrected chi connectivity index (χ0v) is 12.6. The van der Waals surface area contributed by atoms with Crippen LogP contribution in [0.4, 0.5) is 4.39 Å². The largest absolute Gasteiger partial charge is 0.468 e.